The van der Waals surface area contributed by atoms with Gasteiger partial charge in [0.2, 0.25) is 0 Å². The Bertz CT molecular complexity index is 565. The average Bonchev–Trinajstić information content (AvgIpc) is 2.67. The van der Waals surface area contributed by atoms with Crippen molar-refractivity contribution < 1.29 is 0 Å². The summed E-state index contributed by atoms with van der Waals surface area (Å²) in [6, 6.07) is 10.9. The summed E-state index contributed by atoms with van der Waals surface area (Å²) in [5.74, 6) is 1.67. The molecule has 1 nitrogen and oxygen atoms in total. The lowest BCUT2D eigenvalue weighted by molar-refractivity contribution is 0.00966. The molecule has 0 spiro atoms. The van der Waals surface area contributed by atoms with Crippen LogP contribution in [-0.2, 0) is 0 Å². The number of unbranched alkanes of at least 4 members (excludes halogenated alkanes) is 4. The van der Waals surface area contributed by atoms with Gasteiger partial charge in [-0.1, -0.05) is 70.4 Å². The Balaban J connectivity index is 1.79. The van der Waals surface area contributed by atoms with E-state index in [0.29, 0.717) is 5.41 Å². The Kier molecular flexibility index (Phi) is 6.57. The van der Waals surface area contributed by atoms with E-state index in [4.69, 9.17) is 5.26 Å². The van der Waals surface area contributed by atoms with E-state index < -0.39 is 0 Å². The van der Waals surface area contributed by atoms with Crippen LogP contribution in [0.4, 0.5) is 0 Å². The van der Waals surface area contributed by atoms with Gasteiger partial charge in [-0.25, -0.2) is 0 Å². The van der Waals surface area contributed by atoms with Gasteiger partial charge in [-0.2, -0.15) is 5.26 Å². The van der Waals surface area contributed by atoms with Gasteiger partial charge in [0, 0.05) is 0 Å². The van der Waals surface area contributed by atoms with E-state index in [1.807, 2.05) is 12.1 Å². The molecule has 1 aromatic carbocycles. The first-order valence-electron chi connectivity index (χ1n) is 10.8. The highest BCUT2D eigenvalue weighted by Crippen LogP contribution is 2.59. The van der Waals surface area contributed by atoms with Crippen LogP contribution >= 0.6 is 0 Å². The molecule has 1 heteroatoms. The zero-order valence-electron chi connectivity index (χ0n) is 16.1. The molecule has 0 aromatic heterocycles. The standard InChI is InChI=1S/C24H35N/c1-2-3-4-5-7-17-24-18-8-6-10-22(24)11-9-12-23(24)21-15-13-20(19-25)14-16-21/h13-16,22-23H,2-12,17-18H2,1H3/t22-,23?,24+/m0/s1. The lowest BCUT2D eigenvalue weighted by atomic mass is 9.51. The van der Waals surface area contributed by atoms with Gasteiger partial charge in [0.1, 0.15) is 0 Å². The molecule has 136 valence electrons. The van der Waals surface area contributed by atoms with E-state index in [1.165, 1.54) is 89.0 Å². The molecular weight excluding hydrogens is 302 g/mol. The molecule has 0 bridgehead atoms. The third-order valence-corrected chi connectivity index (χ3v) is 7.19. The van der Waals surface area contributed by atoms with Crippen LogP contribution in [0.5, 0.6) is 0 Å². The van der Waals surface area contributed by atoms with Crippen LogP contribution < -0.4 is 0 Å². The Morgan fingerprint density at radius 3 is 2.48 bits per heavy atom. The maximum Gasteiger partial charge on any atom is 0.0991 e. The molecule has 2 saturated carbocycles. The molecule has 3 atom stereocenters. The van der Waals surface area contributed by atoms with Crippen molar-refractivity contribution in [3.05, 3.63) is 35.4 Å². The highest BCUT2D eigenvalue weighted by atomic mass is 14.5. The minimum atomic E-state index is 0.552. The summed E-state index contributed by atoms with van der Waals surface area (Å²) in [6.07, 6.45) is 18.4. The first-order chi connectivity index (χ1) is 12.3. The Morgan fingerprint density at radius 2 is 1.72 bits per heavy atom. The minimum absolute atomic E-state index is 0.552. The fraction of sp³-hybridized carbons (Fsp3) is 0.708. The molecule has 0 heterocycles. The van der Waals surface area contributed by atoms with Crippen molar-refractivity contribution in [1.29, 1.82) is 5.26 Å². The highest BCUT2D eigenvalue weighted by molar-refractivity contribution is 5.34. The number of benzene rings is 1. The predicted molar refractivity (Wildman–Crippen MR) is 106 cm³/mol. The van der Waals surface area contributed by atoms with Crippen molar-refractivity contribution in [2.75, 3.05) is 0 Å². The molecular formula is C24H35N. The van der Waals surface area contributed by atoms with Gasteiger partial charge < -0.3 is 0 Å². The van der Waals surface area contributed by atoms with Crippen LogP contribution in [0.1, 0.15) is 107 Å². The zero-order chi connectivity index (χ0) is 17.5. The first-order valence-corrected chi connectivity index (χ1v) is 10.8. The number of hydrogen-bond acceptors (Lipinski definition) is 1. The molecule has 3 rings (SSSR count). The van der Waals surface area contributed by atoms with Gasteiger partial charge in [-0.05, 0) is 67.1 Å². The summed E-state index contributed by atoms with van der Waals surface area (Å²) in [4.78, 5) is 0. The molecule has 2 aliphatic rings. The average molecular weight is 338 g/mol. The van der Waals surface area contributed by atoms with Crippen molar-refractivity contribution in [2.45, 2.75) is 96.3 Å². The number of hydrogen-bond donors (Lipinski definition) is 0. The van der Waals surface area contributed by atoms with Crippen LogP contribution in [0.2, 0.25) is 0 Å². The molecule has 0 saturated heterocycles. The second-order valence-electron chi connectivity index (χ2n) is 8.56. The first kappa shape index (κ1) is 18.5. The summed E-state index contributed by atoms with van der Waals surface area (Å²) >= 11 is 0. The Labute approximate surface area is 154 Å². The van der Waals surface area contributed by atoms with Crippen LogP contribution in [0.25, 0.3) is 0 Å². The topological polar surface area (TPSA) is 23.8 Å². The van der Waals surface area contributed by atoms with Crippen molar-refractivity contribution >= 4 is 0 Å². The van der Waals surface area contributed by atoms with Crippen LogP contribution in [0, 0.1) is 22.7 Å². The molecule has 25 heavy (non-hydrogen) atoms. The number of rotatable bonds is 7. The minimum Gasteiger partial charge on any atom is -0.192 e. The summed E-state index contributed by atoms with van der Waals surface area (Å²) < 4.78 is 0. The number of fused-ring (bicyclic) bond motifs is 1. The van der Waals surface area contributed by atoms with Gasteiger partial charge >= 0.3 is 0 Å². The smallest absolute Gasteiger partial charge is 0.0991 e. The molecule has 0 amide bonds. The fourth-order valence-corrected chi connectivity index (χ4v) is 5.93. The molecule has 0 aliphatic heterocycles. The molecule has 0 radical (unpaired) electrons. The summed E-state index contributed by atoms with van der Waals surface area (Å²) in [7, 11) is 0. The summed E-state index contributed by atoms with van der Waals surface area (Å²) in [5, 5.41) is 9.11. The van der Waals surface area contributed by atoms with E-state index >= 15 is 0 Å². The molecule has 2 fully saturated rings. The van der Waals surface area contributed by atoms with Gasteiger partial charge in [-0.15, -0.1) is 0 Å². The molecule has 2 aliphatic carbocycles. The summed E-state index contributed by atoms with van der Waals surface area (Å²) in [6.45, 7) is 2.30. The third-order valence-electron chi connectivity index (χ3n) is 7.19. The van der Waals surface area contributed by atoms with Gasteiger partial charge in [0.25, 0.3) is 0 Å². The largest absolute Gasteiger partial charge is 0.192 e. The van der Waals surface area contributed by atoms with Crippen LogP contribution in [-0.4, -0.2) is 0 Å². The Hall–Kier alpha value is -1.29. The van der Waals surface area contributed by atoms with Crippen LogP contribution in [0.3, 0.4) is 0 Å². The maximum atomic E-state index is 9.11. The predicted octanol–water partition coefficient (Wildman–Crippen LogP) is 7.36. The zero-order valence-corrected chi connectivity index (χ0v) is 16.1. The molecule has 0 N–H and O–H groups in total. The SMILES string of the molecule is CCCCCCC[C@@]12CCCC[C@H]1CCCC2c1ccc(C#N)cc1. The lowest BCUT2D eigenvalue weighted by Gasteiger charge is -2.53. The maximum absolute atomic E-state index is 9.11. The highest BCUT2D eigenvalue weighted by Gasteiger charge is 2.48. The molecule has 1 aromatic rings. The third kappa shape index (κ3) is 4.11. The number of nitriles is 1. The van der Waals surface area contributed by atoms with Crippen molar-refractivity contribution in [3.63, 3.8) is 0 Å². The second-order valence-corrected chi connectivity index (χ2v) is 8.56. The normalized spacial score (nSPS) is 29.0. The second kappa shape index (κ2) is 8.88. The van der Waals surface area contributed by atoms with E-state index in [0.717, 1.165) is 17.4 Å². The monoisotopic (exact) mass is 337 g/mol. The lowest BCUT2D eigenvalue weighted by Crippen LogP contribution is -2.42. The molecule has 1 unspecified atom stereocenters. The van der Waals surface area contributed by atoms with E-state index in [1.54, 1.807) is 0 Å². The van der Waals surface area contributed by atoms with Crippen molar-refractivity contribution in [1.82, 2.24) is 0 Å². The van der Waals surface area contributed by atoms with E-state index in [-0.39, 0.29) is 0 Å². The van der Waals surface area contributed by atoms with E-state index in [2.05, 4.69) is 25.1 Å². The number of nitrogens with zero attached hydrogens (tertiary/aromatic N) is 1. The quantitative estimate of drug-likeness (QED) is 0.477. The van der Waals surface area contributed by atoms with E-state index in [9.17, 15) is 0 Å². The van der Waals surface area contributed by atoms with Crippen molar-refractivity contribution in [2.24, 2.45) is 11.3 Å². The van der Waals surface area contributed by atoms with Crippen molar-refractivity contribution in [3.8, 4) is 6.07 Å². The van der Waals surface area contributed by atoms with Gasteiger partial charge in [0.15, 0.2) is 0 Å². The summed E-state index contributed by atoms with van der Waals surface area (Å²) in [5.41, 5.74) is 2.86. The van der Waals surface area contributed by atoms with Gasteiger partial charge in [-0.3, -0.25) is 0 Å². The Morgan fingerprint density at radius 1 is 0.960 bits per heavy atom. The fourth-order valence-electron chi connectivity index (χ4n) is 5.93. The van der Waals surface area contributed by atoms with Gasteiger partial charge in [0.05, 0.1) is 11.6 Å². The van der Waals surface area contributed by atoms with Crippen LogP contribution in [0.15, 0.2) is 24.3 Å².